The van der Waals surface area contributed by atoms with E-state index >= 15 is 0 Å². The van der Waals surface area contributed by atoms with Crippen LogP contribution in [0.4, 0.5) is 4.39 Å². The number of carboxylic acids is 1. The van der Waals surface area contributed by atoms with Crippen LogP contribution in [0.25, 0.3) is 10.9 Å². The van der Waals surface area contributed by atoms with Gasteiger partial charge in [0, 0.05) is 17.1 Å². The molecule has 1 aromatic heterocycles. The Hall–Kier alpha value is -3.19. The average molecular weight is 397 g/mol. The van der Waals surface area contributed by atoms with Crippen LogP contribution < -0.4 is 11.1 Å². The van der Waals surface area contributed by atoms with Gasteiger partial charge < -0.3 is 21.1 Å². The van der Waals surface area contributed by atoms with E-state index in [0.717, 1.165) is 22.0 Å². The van der Waals surface area contributed by atoms with Crippen LogP contribution in [0.15, 0.2) is 54.7 Å². The Balaban J connectivity index is 1.54. The first-order chi connectivity index (χ1) is 13.9. The van der Waals surface area contributed by atoms with Gasteiger partial charge in [0.05, 0.1) is 6.04 Å². The number of fused-ring (bicyclic) bond motifs is 1. The topological polar surface area (TPSA) is 108 Å². The summed E-state index contributed by atoms with van der Waals surface area (Å²) in [4.78, 5) is 27.1. The first kappa shape index (κ1) is 20.5. The number of benzene rings is 2. The van der Waals surface area contributed by atoms with Crippen molar-refractivity contribution >= 4 is 22.8 Å². The van der Waals surface area contributed by atoms with E-state index in [2.05, 4.69) is 10.3 Å². The quantitative estimate of drug-likeness (QED) is 0.445. The van der Waals surface area contributed by atoms with E-state index in [4.69, 9.17) is 5.73 Å². The number of carboxylic acid groups (broad SMARTS) is 1. The van der Waals surface area contributed by atoms with Gasteiger partial charge in [0.25, 0.3) is 0 Å². The van der Waals surface area contributed by atoms with Gasteiger partial charge in [0.2, 0.25) is 5.91 Å². The van der Waals surface area contributed by atoms with Gasteiger partial charge in [-0.25, -0.2) is 9.18 Å². The second-order valence-corrected chi connectivity index (χ2v) is 7.09. The van der Waals surface area contributed by atoms with Gasteiger partial charge in [0.1, 0.15) is 11.9 Å². The molecular formula is C22H24FN3O3. The third kappa shape index (κ3) is 5.42. The molecule has 0 aliphatic carbocycles. The minimum Gasteiger partial charge on any atom is -0.480 e. The summed E-state index contributed by atoms with van der Waals surface area (Å²) in [6, 6.07) is 11.9. The van der Waals surface area contributed by atoms with E-state index in [1.807, 2.05) is 30.5 Å². The van der Waals surface area contributed by atoms with Crippen molar-refractivity contribution in [2.24, 2.45) is 5.73 Å². The molecule has 1 unspecified atom stereocenters. The van der Waals surface area contributed by atoms with Crippen molar-refractivity contribution in [1.82, 2.24) is 10.3 Å². The number of aromatic nitrogens is 1. The van der Waals surface area contributed by atoms with Gasteiger partial charge in [0.15, 0.2) is 0 Å². The number of nitrogens with two attached hydrogens (primary N) is 1. The van der Waals surface area contributed by atoms with Crippen LogP contribution in [0.2, 0.25) is 0 Å². The normalized spacial score (nSPS) is 13.2. The standard InChI is InChI=1S/C22H24FN3O3/c23-16-10-8-14(9-11-16)4-3-7-20(22(28)29)26-21(27)18(24)12-15-13-25-19-6-2-1-5-17(15)19/h1-2,5-6,8-11,13,18,20,25H,3-4,7,12,24H2,(H,26,27)(H,28,29)/t18-,20?/m0/s1. The molecule has 1 amide bonds. The molecule has 0 bridgehead atoms. The molecule has 29 heavy (non-hydrogen) atoms. The number of amides is 1. The predicted molar refractivity (Wildman–Crippen MR) is 109 cm³/mol. The summed E-state index contributed by atoms with van der Waals surface area (Å²) in [6.45, 7) is 0. The first-order valence-corrected chi connectivity index (χ1v) is 9.52. The van der Waals surface area contributed by atoms with Crippen LogP contribution in [0.1, 0.15) is 24.0 Å². The molecule has 0 aliphatic heterocycles. The molecule has 0 saturated carbocycles. The highest BCUT2D eigenvalue weighted by atomic mass is 19.1. The Morgan fingerprint density at radius 1 is 1.14 bits per heavy atom. The highest BCUT2D eigenvalue weighted by Gasteiger charge is 2.23. The summed E-state index contributed by atoms with van der Waals surface area (Å²) in [5.41, 5.74) is 8.81. The van der Waals surface area contributed by atoms with Crippen LogP contribution in [0.5, 0.6) is 0 Å². The summed E-state index contributed by atoms with van der Waals surface area (Å²) in [5, 5.41) is 13.0. The van der Waals surface area contributed by atoms with E-state index in [1.165, 1.54) is 12.1 Å². The fraction of sp³-hybridized carbons (Fsp3) is 0.273. The molecule has 152 valence electrons. The molecule has 0 aliphatic rings. The molecule has 6 nitrogen and oxygen atoms in total. The Morgan fingerprint density at radius 3 is 2.59 bits per heavy atom. The van der Waals surface area contributed by atoms with Crippen LogP contribution in [-0.2, 0) is 22.4 Å². The zero-order valence-corrected chi connectivity index (χ0v) is 15.9. The molecule has 2 atom stereocenters. The van der Waals surface area contributed by atoms with Crippen molar-refractivity contribution in [3.8, 4) is 0 Å². The number of carbonyl (C=O) groups is 2. The predicted octanol–water partition coefficient (Wildman–Crippen LogP) is 2.77. The maximum Gasteiger partial charge on any atom is 0.326 e. The number of aliphatic carboxylic acids is 1. The number of hydrogen-bond donors (Lipinski definition) is 4. The number of aryl methyl sites for hydroxylation is 1. The lowest BCUT2D eigenvalue weighted by molar-refractivity contribution is -0.142. The number of para-hydroxylation sites is 1. The molecule has 0 spiro atoms. The molecule has 0 saturated heterocycles. The molecular weight excluding hydrogens is 373 g/mol. The van der Waals surface area contributed by atoms with Crippen molar-refractivity contribution < 1.29 is 19.1 Å². The molecule has 7 heteroatoms. The highest BCUT2D eigenvalue weighted by Crippen LogP contribution is 2.19. The highest BCUT2D eigenvalue weighted by molar-refractivity contribution is 5.88. The number of rotatable bonds is 9. The third-order valence-electron chi connectivity index (χ3n) is 4.94. The van der Waals surface area contributed by atoms with Gasteiger partial charge in [-0.05, 0) is 55.0 Å². The molecule has 5 N–H and O–H groups in total. The lowest BCUT2D eigenvalue weighted by Crippen LogP contribution is -2.49. The van der Waals surface area contributed by atoms with Crippen molar-refractivity contribution in [3.63, 3.8) is 0 Å². The largest absolute Gasteiger partial charge is 0.480 e. The minimum absolute atomic E-state index is 0.262. The van der Waals surface area contributed by atoms with E-state index in [-0.39, 0.29) is 12.2 Å². The smallest absolute Gasteiger partial charge is 0.326 e. The first-order valence-electron chi connectivity index (χ1n) is 9.52. The fourth-order valence-electron chi connectivity index (χ4n) is 3.33. The van der Waals surface area contributed by atoms with Crippen molar-refractivity contribution in [2.75, 3.05) is 0 Å². The van der Waals surface area contributed by atoms with E-state index in [1.54, 1.807) is 12.1 Å². The SMILES string of the molecule is N[C@@H](Cc1c[nH]c2ccccc12)C(=O)NC(CCCc1ccc(F)cc1)C(=O)O. The summed E-state index contributed by atoms with van der Waals surface area (Å²) in [7, 11) is 0. The second kappa shape index (κ2) is 9.34. The van der Waals surface area contributed by atoms with Gasteiger partial charge in [-0.3, -0.25) is 4.79 Å². The molecule has 0 fully saturated rings. The van der Waals surface area contributed by atoms with Crippen LogP contribution in [-0.4, -0.2) is 34.1 Å². The van der Waals surface area contributed by atoms with Crippen molar-refractivity contribution in [3.05, 3.63) is 71.7 Å². The van der Waals surface area contributed by atoms with Gasteiger partial charge in [-0.2, -0.15) is 0 Å². The molecule has 3 rings (SSSR count). The Labute approximate surface area is 167 Å². The number of carbonyl (C=O) groups excluding carboxylic acids is 1. The summed E-state index contributed by atoms with van der Waals surface area (Å²) in [6.07, 6.45) is 3.52. The molecule has 2 aromatic carbocycles. The zero-order chi connectivity index (χ0) is 20.8. The van der Waals surface area contributed by atoms with E-state index in [0.29, 0.717) is 19.3 Å². The summed E-state index contributed by atoms with van der Waals surface area (Å²) in [5.74, 6) is -1.91. The molecule has 3 aromatic rings. The van der Waals surface area contributed by atoms with Gasteiger partial charge in [-0.15, -0.1) is 0 Å². The van der Waals surface area contributed by atoms with Crippen LogP contribution in [0, 0.1) is 5.82 Å². The Bertz CT molecular complexity index is 984. The number of hydrogen-bond acceptors (Lipinski definition) is 3. The second-order valence-electron chi connectivity index (χ2n) is 7.09. The average Bonchev–Trinajstić information content (AvgIpc) is 3.11. The van der Waals surface area contributed by atoms with Crippen molar-refractivity contribution in [2.45, 2.75) is 37.8 Å². The van der Waals surface area contributed by atoms with Crippen molar-refractivity contribution in [1.29, 1.82) is 0 Å². The maximum atomic E-state index is 12.9. The van der Waals surface area contributed by atoms with Gasteiger partial charge in [-0.1, -0.05) is 30.3 Å². The summed E-state index contributed by atoms with van der Waals surface area (Å²) < 4.78 is 12.9. The number of aromatic amines is 1. The zero-order valence-electron chi connectivity index (χ0n) is 15.9. The number of halogens is 1. The fourth-order valence-corrected chi connectivity index (χ4v) is 3.33. The summed E-state index contributed by atoms with van der Waals surface area (Å²) >= 11 is 0. The van der Waals surface area contributed by atoms with E-state index in [9.17, 15) is 19.1 Å². The Morgan fingerprint density at radius 2 is 1.86 bits per heavy atom. The third-order valence-corrected chi connectivity index (χ3v) is 4.94. The van der Waals surface area contributed by atoms with Gasteiger partial charge >= 0.3 is 5.97 Å². The minimum atomic E-state index is -1.10. The van der Waals surface area contributed by atoms with E-state index < -0.39 is 24.0 Å². The number of H-pyrrole nitrogens is 1. The maximum absolute atomic E-state index is 12.9. The molecule has 1 heterocycles. The number of nitrogens with one attached hydrogen (secondary N) is 2. The van der Waals surface area contributed by atoms with Crippen LogP contribution >= 0.6 is 0 Å². The van der Waals surface area contributed by atoms with Crippen LogP contribution in [0.3, 0.4) is 0 Å². The lowest BCUT2D eigenvalue weighted by Gasteiger charge is -2.18. The monoisotopic (exact) mass is 397 g/mol. The Kier molecular flexibility index (Phi) is 6.61. The molecule has 0 radical (unpaired) electrons. The lowest BCUT2D eigenvalue weighted by atomic mass is 10.0.